The second-order valence-corrected chi connectivity index (χ2v) is 7.39. The fourth-order valence-electron chi connectivity index (χ4n) is 3.60. The lowest BCUT2D eigenvalue weighted by Crippen LogP contribution is -2.42. The smallest absolute Gasteiger partial charge is 0.226 e. The Morgan fingerprint density at radius 3 is 2.46 bits per heavy atom. The van der Waals surface area contributed by atoms with E-state index >= 15 is 0 Å². The molecule has 1 aliphatic carbocycles. The number of benzene rings is 2. The van der Waals surface area contributed by atoms with Crippen LogP contribution in [0.2, 0.25) is 0 Å². The zero-order valence-electron chi connectivity index (χ0n) is 15.5. The third kappa shape index (κ3) is 3.91. The van der Waals surface area contributed by atoms with E-state index in [4.69, 9.17) is 4.84 Å². The zero-order chi connectivity index (χ0) is 19.5. The van der Waals surface area contributed by atoms with E-state index in [0.29, 0.717) is 29.8 Å². The molecule has 1 aliphatic heterocycles. The first-order chi connectivity index (χ1) is 13.6. The van der Waals surface area contributed by atoms with Crippen LogP contribution in [0.15, 0.2) is 53.7 Å². The van der Waals surface area contributed by atoms with Crippen molar-refractivity contribution in [3.05, 3.63) is 71.3 Å². The average Bonchev–Trinajstić information content (AvgIpc) is 3.10. The number of hydrogen-bond donors (Lipinski definition) is 0. The molecule has 0 N–H and O–H groups in total. The van der Waals surface area contributed by atoms with Crippen LogP contribution >= 0.6 is 0 Å². The van der Waals surface area contributed by atoms with Gasteiger partial charge in [0.2, 0.25) is 5.91 Å². The average molecular weight is 384 g/mol. The molecule has 2 aliphatic rings. The molecule has 6 heteroatoms. The van der Waals surface area contributed by atoms with Crippen LogP contribution in [-0.4, -0.2) is 29.2 Å². The van der Waals surface area contributed by atoms with Crippen LogP contribution in [0, 0.1) is 17.6 Å². The van der Waals surface area contributed by atoms with Crippen LogP contribution in [0.1, 0.15) is 36.8 Å². The van der Waals surface area contributed by atoms with E-state index in [1.54, 1.807) is 41.3 Å². The monoisotopic (exact) mass is 384 g/mol. The SMILES string of the molecule is O=C(C1CCC1)N(Cc1ccccc1F)CC1CC(c2ccccc2F)=NO1. The minimum atomic E-state index is -0.370. The Bertz CT molecular complexity index is 896. The van der Waals surface area contributed by atoms with E-state index in [1.165, 1.54) is 12.1 Å². The first-order valence-corrected chi connectivity index (χ1v) is 9.61. The molecular weight excluding hydrogens is 362 g/mol. The molecule has 0 spiro atoms. The van der Waals surface area contributed by atoms with Gasteiger partial charge in [0, 0.05) is 30.0 Å². The highest BCUT2D eigenvalue weighted by molar-refractivity contribution is 6.01. The number of rotatable bonds is 6. The van der Waals surface area contributed by atoms with E-state index in [9.17, 15) is 13.6 Å². The van der Waals surface area contributed by atoms with Crippen molar-refractivity contribution in [1.29, 1.82) is 0 Å². The van der Waals surface area contributed by atoms with Gasteiger partial charge >= 0.3 is 0 Å². The van der Waals surface area contributed by atoms with Gasteiger partial charge in [0.25, 0.3) is 0 Å². The first kappa shape index (κ1) is 18.6. The largest absolute Gasteiger partial charge is 0.390 e. The predicted molar refractivity (Wildman–Crippen MR) is 102 cm³/mol. The number of hydrogen-bond acceptors (Lipinski definition) is 3. The summed E-state index contributed by atoms with van der Waals surface area (Å²) in [7, 11) is 0. The van der Waals surface area contributed by atoms with Gasteiger partial charge in [-0.3, -0.25) is 4.79 Å². The van der Waals surface area contributed by atoms with Crippen LogP contribution in [0.25, 0.3) is 0 Å². The third-order valence-corrected chi connectivity index (χ3v) is 5.43. The Morgan fingerprint density at radius 2 is 1.79 bits per heavy atom. The molecule has 146 valence electrons. The van der Waals surface area contributed by atoms with Gasteiger partial charge < -0.3 is 9.74 Å². The molecule has 1 atom stereocenters. The lowest BCUT2D eigenvalue weighted by atomic mass is 9.84. The van der Waals surface area contributed by atoms with Crippen molar-refractivity contribution < 1.29 is 18.4 Å². The zero-order valence-corrected chi connectivity index (χ0v) is 15.5. The molecule has 1 saturated carbocycles. The Labute approximate surface area is 162 Å². The van der Waals surface area contributed by atoms with Gasteiger partial charge in [-0.1, -0.05) is 48.0 Å². The van der Waals surface area contributed by atoms with Gasteiger partial charge in [0.05, 0.1) is 12.3 Å². The Kier molecular flexibility index (Phi) is 5.37. The molecule has 1 amide bonds. The number of amides is 1. The fraction of sp³-hybridized carbons (Fsp3) is 0.364. The van der Waals surface area contributed by atoms with Crippen LogP contribution in [0.5, 0.6) is 0 Å². The molecule has 1 fully saturated rings. The quantitative estimate of drug-likeness (QED) is 0.746. The molecule has 0 saturated heterocycles. The van der Waals surface area contributed by atoms with Crippen molar-refractivity contribution >= 4 is 11.6 Å². The van der Waals surface area contributed by atoms with Crippen molar-refractivity contribution in [2.75, 3.05) is 6.54 Å². The van der Waals surface area contributed by atoms with E-state index in [-0.39, 0.29) is 36.1 Å². The highest BCUT2D eigenvalue weighted by Gasteiger charge is 2.33. The molecule has 1 unspecified atom stereocenters. The summed E-state index contributed by atoms with van der Waals surface area (Å²) in [4.78, 5) is 20.0. The summed E-state index contributed by atoms with van der Waals surface area (Å²) in [6.45, 7) is 0.488. The molecule has 0 aromatic heterocycles. The topological polar surface area (TPSA) is 41.9 Å². The van der Waals surface area contributed by atoms with Crippen molar-refractivity contribution in [2.45, 2.75) is 38.3 Å². The molecule has 4 rings (SSSR count). The summed E-state index contributed by atoms with van der Waals surface area (Å²) in [5.74, 6) is -0.651. The molecule has 0 radical (unpaired) electrons. The van der Waals surface area contributed by atoms with E-state index in [0.717, 1.165) is 19.3 Å². The standard InChI is InChI=1S/C22H22F2N2O2/c23-19-10-3-1-6-16(19)13-26(22(27)15-7-5-8-15)14-17-12-21(25-28-17)18-9-2-4-11-20(18)24/h1-4,6,9-11,15,17H,5,7-8,12-14H2. The number of oxime groups is 1. The molecular formula is C22H22F2N2O2. The summed E-state index contributed by atoms with van der Waals surface area (Å²) < 4.78 is 28.1. The number of carbonyl (C=O) groups excluding carboxylic acids is 1. The minimum absolute atomic E-state index is 0.000123. The number of halogens is 2. The maximum absolute atomic E-state index is 14.1. The molecule has 0 bridgehead atoms. The van der Waals surface area contributed by atoms with Gasteiger partial charge in [0.1, 0.15) is 11.6 Å². The number of nitrogens with zero attached hydrogens (tertiary/aromatic N) is 2. The van der Waals surface area contributed by atoms with Crippen molar-refractivity contribution in [3.63, 3.8) is 0 Å². The highest BCUT2D eigenvalue weighted by Crippen LogP contribution is 2.30. The van der Waals surface area contributed by atoms with E-state index in [2.05, 4.69) is 5.16 Å². The summed E-state index contributed by atoms with van der Waals surface area (Å²) >= 11 is 0. The van der Waals surface area contributed by atoms with Gasteiger partial charge in [-0.15, -0.1) is 0 Å². The Hall–Kier alpha value is -2.76. The minimum Gasteiger partial charge on any atom is -0.390 e. The third-order valence-electron chi connectivity index (χ3n) is 5.43. The predicted octanol–water partition coefficient (Wildman–Crippen LogP) is 4.29. The fourth-order valence-corrected chi connectivity index (χ4v) is 3.60. The van der Waals surface area contributed by atoms with Crippen molar-refractivity contribution in [3.8, 4) is 0 Å². The maximum atomic E-state index is 14.1. The molecule has 1 heterocycles. The second kappa shape index (κ2) is 8.09. The van der Waals surface area contributed by atoms with Crippen LogP contribution in [0.4, 0.5) is 8.78 Å². The summed E-state index contributed by atoms with van der Waals surface area (Å²) in [6.07, 6.45) is 2.83. The molecule has 2 aromatic carbocycles. The molecule has 28 heavy (non-hydrogen) atoms. The molecule has 2 aromatic rings. The van der Waals surface area contributed by atoms with Gasteiger partial charge in [-0.05, 0) is 25.0 Å². The maximum Gasteiger partial charge on any atom is 0.226 e. The Morgan fingerprint density at radius 1 is 1.07 bits per heavy atom. The highest BCUT2D eigenvalue weighted by atomic mass is 19.1. The van der Waals surface area contributed by atoms with Gasteiger partial charge in [-0.2, -0.15) is 0 Å². The lowest BCUT2D eigenvalue weighted by Gasteiger charge is -2.32. The van der Waals surface area contributed by atoms with E-state index in [1.807, 2.05) is 0 Å². The normalized spacial score (nSPS) is 18.9. The van der Waals surface area contributed by atoms with Crippen molar-refractivity contribution in [1.82, 2.24) is 4.90 Å². The second-order valence-electron chi connectivity index (χ2n) is 7.39. The number of carbonyl (C=O) groups is 1. The molecule has 4 nitrogen and oxygen atoms in total. The van der Waals surface area contributed by atoms with Crippen LogP contribution in [0.3, 0.4) is 0 Å². The lowest BCUT2D eigenvalue weighted by molar-refractivity contribution is -0.140. The Balaban J connectivity index is 1.46. The summed E-state index contributed by atoms with van der Waals surface area (Å²) in [5.41, 5.74) is 1.42. The first-order valence-electron chi connectivity index (χ1n) is 9.61. The van der Waals surface area contributed by atoms with Crippen LogP contribution < -0.4 is 0 Å². The van der Waals surface area contributed by atoms with Gasteiger partial charge in [0.15, 0.2) is 6.10 Å². The summed E-state index contributed by atoms with van der Waals surface area (Å²) in [5, 5.41) is 4.03. The van der Waals surface area contributed by atoms with E-state index < -0.39 is 0 Å². The van der Waals surface area contributed by atoms with Gasteiger partial charge in [-0.25, -0.2) is 8.78 Å². The summed E-state index contributed by atoms with van der Waals surface area (Å²) in [6, 6.07) is 12.9. The van der Waals surface area contributed by atoms with Crippen molar-refractivity contribution in [2.24, 2.45) is 11.1 Å². The van der Waals surface area contributed by atoms with Crippen LogP contribution in [-0.2, 0) is 16.2 Å².